The van der Waals surface area contributed by atoms with Crippen LogP contribution in [-0.2, 0) is 6.54 Å². The summed E-state index contributed by atoms with van der Waals surface area (Å²) < 4.78 is 6.05. The first-order valence-corrected chi connectivity index (χ1v) is 11.0. The van der Waals surface area contributed by atoms with E-state index in [9.17, 15) is 0 Å². The lowest BCUT2D eigenvalue weighted by atomic mass is 9.84. The number of aromatic nitrogens is 1. The van der Waals surface area contributed by atoms with E-state index in [4.69, 9.17) is 27.9 Å². The Morgan fingerprint density at radius 2 is 1.97 bits per heavy atom. The molecule has 1 aliphatic carbocycles. The molecule has 2 aromatic rings. The number of fused-ring (bicyclic) bond motifs is 1. The van der Waals surface area contributed by atoms with E-state index in [1.54, 1.807) is 6.07 Å². The van der Waals surface area contributed by atoms with Crippen LogP contribution in [0.5, 0.6) is 5.88 Å². The van der Waals surface area contributed by atoms with Gasteiger partial charge in [0, 0.05) is 30.4 Å². The van der Waals surface area contributed by atoms with Gasteiger partial charge in [0.2, 0.25) is 5.88 Å². The molecule has 158 valence electrons. The summed E-state index contributed by atoms with van der Waals surface area (Å²) >= 11 is 12.2. The summed E-state index contributed by atoms with van der Waals surface area (Å²) in [7, 11) is 1.83. The molecule has 0 atom stereocenters. The molecule has 30 heavy (non-hydrogen) atoms. The molecule has 0 radical (unpaired) electrons. The molecule has 1 saturated carbocycles. The van der Waals surface area contributed by atoms with Crippen molar-refractivity contribution >= 4 is 34.7 Å². The highest BCUT2D eigenvalue weighted by atomic mass is 35.5. The van der Waals surface area contributed by atoms with Gasteiger partial charge in [-0.1, -0.05) is 35.8 Å². The Bertz CT molecular complexity index is 954. The molecule has 5 nitrogen and oxygen atoms in total. The lowest BCUT2D eigenvalue weighted by Gasteiger charge is -2.36. The van der Waals surface area contributed by atoms with Crippen LogP contribution in [-0.4, -0.2) is 30.5 Å². The van der Waals surface area contributed by atoms with Crippen molar-refractivity contribution in [1.82, 2.24) is 10.3 Å². The Kier molecular flexibility index (Phi) is 6.61. The van der Waals surface area contributed by atoms with Gasteiger partial charge in [0.25, 0.3) is 0 Å². The van der Waals surface area contributed by atoms with Crippen molar-refractivity contribution in [3.05, 3.63) is 64.4 Å². The van der Waals surface area contributed by atoms with Crippen molar-refractivity contribution in [1.29, 1.82) is 0 Å². The number of allylic oxidation sites excluding steroid dienone is 1. The normalized spacial score (nSPS) is 23.0. The van der Waals surface area contributed by atoms with Gasteiger partial charge in [-0.05, 0) is 61.4 Å². The zero-order valence-electron chi connectivity index (χ0n) is 17.1. The number of nitrogens with one attached hydrogen (secondary N) is 1. The smallest absolute Gasteiger partial charge is 0.214 e. The zero-order chi connectivity index (χ0) is 21.1. The van der Waals surface area contributed by atoms with E-state index in [0.717, 1.165) is 60.0 Å². The average molecular weight is 445 g/mol. The van der Waals surface area contributed by atoms with Crippen molar-refractivity contribution in [2.45, 2.75) is 38.3 Å². The van der Waals surface area contributed by atoms with Crippen LogP contribution in [0.15, 0.2) is 53.7 Å². The fourth-order valence-electron chi connectivity index (χ4n) is 4.26. The number of amidine groups is 1. The Morgan fingerprint density at radius 1 is 1.17 bits per heavy atom. The van der Waals surface area contributed by atoms with E-state index in [1.807, 2.05) is 31.3 Å². The minimum Gasteiger partial charge on any atom is -0.474 e. The van der Waals surface area contributed by atoms with Gasteiger partial charge >= 0.3 is 0 Å². The summed E-state index contributed by atoms with van der Waals surface area (Å²) in [5, 5.41) is 4.64. The van der Waals surface area contributed by atoms with Crippen LogP contribution in [0, 0.1) is 5.92 Å². The number of hydrogen-bond acceptors (Lipinski definition) is 4. The van der Waals surface area contributed by atoms with Crippen LogP contribution in [0.25, 0.3) is 0 Å². The molecule has 0 amide bonds. The van der Waals surface area contributed by atoms with Crippen LogP contribution in [0.4, 0.5) is 5.69 Å². The molecule has 0 unspecified atom stereocenters. The van der Waals surface area contributed by atoms with Gasteiger partial charge in [-0.25, -0.2) is 4.98 Å². The standard InChI is InChI=1S/C23H26Cl2N4O/c1-15(16-6-9-19(10-7-16)30-23-5-3-4-21(25)28-23)29-20-11-8-18(24)12-17(20)13-27-14-22(29)26-2/h3-5,8,11-12,16,19,27H,1,6-7,9-10,13-14H2,2H3. The van der Waals surface area contributed by atoms with Crippen molar-refractivity contribution in [2.24, 2.45) is 10.9 Å². The largest absolute Gasteiger partial charge is 0.474 e. The quantitative estimate of drug-likeness (QED) is 0.634. The first kappa shape index (κ1) is 21.2. The van der Waals surface area contributed by atoms with E-state index in [2.05, 4.69) is 32.8 Å². The predicted octanol–water partition coefficient (Wildman–Crippen LogP) is 5.48. The number of rotatable bonds is 4. The minimum atomic E-state index is 0.149. The van der Waals surface area contributed by atoms with E-state index in [0.29, 0.717) is 23.5 Å². The topological polar surface area (TPSA) is 49.8 Å². The molecule has 2 heterocycles. The Labute approximate surface area is 187 Å². The number of ether oxygens (including phenoxy) is 1. The van der Waals surface area contributed by atoms with E-state index < -0.39 is 0 Å². The maximum atomic E-state index is 6.24. The number of halogens is 2. The monoisotopic (exact) mass is 444 g/mol. The molecule has 1 N–H and O–H groups in total. The van der Waals surface area contributed by atoms with Gasteiger partial charge in [-0.15, -0.1) is 0 Å². The molecule has 4 rings (SSSR count). The zero-order valence-corrected chi connectivity index (χ0v) is 18.6. The summed E-state index contributed by atoms with van der Waals surface area (Å²) in [4.78, 5) is 11.0. The summed E-state index contributed by atoms with van der Waals surface area (Å²) in [5.41, 5.74) is 3.35. The minimum absolute atomic E-state index is 0.149. The van der Waals surface area contributed by atoms with Gasteiger partial charge in [-0.2, -0.15) is 0 Å². The maximum Gasteiger partial charge on any atom is 0.214 e. The number of hydrogen-bond donors (Lipinski definition) is 1. The lowest BCUT2D eigenvalue weighted by molar-refractivity contribution is 0.133. The molecular formula is C23H26Cl2N4O. The molecule has 1 aliphatic heterocycles. The fraction of sp³-hybridized carbons (Fsp3) is 0.391. The van der Waals surface area contributed by atoms with Gasteiger partial charge in [-0.3, -0.25) is 4.99 Å². The summed E-state index contributed by atoms with van der Waals surface area (Å²) in [5.74, 6) is 1.94. The van der Waals surface area contributed by atoms with Gasteiger partial charge in [0.1, 0.15) is 17.1 Å². The van der Waals surface area contributed by atoms with Crippen molar-refractivity contribution < 1.29 is 4.74 Å². The Balaban J connectivity index is 1.48. The first-order chi connectivity index (χ1) is 14.5. The van der Waals surface area contributed by atoms with Gasteiger partial charge < -0.3 is 15.0 Å². The number of anilines is 1. The molecule has 0 saturated heterocycles. The first-order valence-electron chi connectivity index (χ1n) is 10.3. The highest BCUT2D eigenvalue weighted by Gasteiger charge is 2.31. The molecule has 2 aliphatic rings. The van der Waals surface area contributed by atoms with Crippen molar-refractivity contribution in [2.75, 3.05) is 18.5 Å². The van der Waals surface area contributed by atoms with E-state index >= 15 is 0 Å². The second-order valence-corrected chi connectivity index (χ2v) is 8.56. The van der Waals surface area contributed by atoms with Crippen LogP contribution < -0.4 is 15.0 Å². The summed E-state index contributed by atoms with van der Waals surface area (Å²) in [6.07, 6.45) is 4.07. The maximum absolute atomic E-state index is 6.24. The number of nitrogens with zero attached hydrogens (tertiary/aromatic N) is 3. The van der Waals surface area contributed by atoms with E-state index in [1.165, 1.54) is 0 Å². The summed E-state index contributed by atoms with van der Waals surface area (Å²) in [6.45, 7) is 5.95. The SMILES string of the molecule is C=C(C1CCC(Oc2cccc(Cl)n2)CC1)N1C(=NC)CNCc2cc(Cl)ccc21. The van der Waals surface area contributed by atoms with E-state index in [-0.39, 0.29) is 6.10 Å². The third-order valence-electron chi connectivity index (χ3n) is 5.81. The number of aliphatic imine (C=N–C) groups is 1. The van der Waals surface area contributed by atoms with Crippen LogP contribution in [0.3, 0.4) is 0 Å². The van der Waals surface area contributed by atoms with Crippen molar-refractivity contribution in [3.63, 3.8) is 0 Å². The molecular weight excluding hydrogens is 419 g/mol. The van der Waals surface area contributed by atoms with Gasteiger partial charge in [0.05, 0.1) is 12.2 Å². The molecule has 1 aromatic heterocycles. The van der Waals surface area contributed by atoms with Crippen molar-refractivity contribution in [3.8, 4) is 5.88 Å². The Morgan fingerprint density at radius 3 is 2.70 bits per heavy atom. The van der Waals surface area contributed by atoms with Crippen LogP contribution in [0.2, 0.25) is 10.2 Å². The fourth-order valence-corrected chi connectivity index (χ4v) is 4.61. The highest BCUT2D eigenvalue weighted by Crippen LogP contribution is 2.37. The molecule has 0 spiro atoms. The number of benzene rings is 1. The average Bonchev–Trinajstić information content (AvgIpc) is 2.92. The third kappa shape index (κ3) is 4.64. The molecule has 7 heteroatoms. The lowest BCUT2D eigenvalue weighted by Crippen LogP contribution is -2.38. The molecule has 0 bridgehead atoms. The highest BCUT2D eigenvalue weighted by molar-refractivity contribution is 6.30. The molecule has 1 fully saturated rings. The van der Waals surface area contributed by atoms with Gasteiger partial charge in [0.15, 0.2) is 0 Å². The number of pyridine rings is 1. The summed E-state index contributed by atoms with van der Waals surface area (Å²) in [6, 6.07) is 11.5. The van der Waals surface area contributed by atoms with Crippen LogP contribution >= 0.6 is 23.2 Å². The Hall–Kier alpha value is -2.08. The molecule has 1 aromatic carbocycles. The van der Waals surface area contributed by atoms with Crippen LogP contribution in [0.1, 0.15) is 31.2 Å². The second-order valence-electron chi connectivity index (χ2n) is 7.73. The third-order valence-corrected chi connectivity index (χ3v) is 6.25. The predicted molar refractivity (Wildman–Crippen MR) is 124 cm³/mol. The second kappa shape index (κ2) is 9.38.